The van der Waals surface area contributed by atoms with Crippen molar-refractivity contribution in [1.82, 2.24) is 5.32 Å². The van der Waals surface area contributed by atoms with E-state index in [-0.39, 0.29) is 0 Å². The Hall–Kier alpha value is -1.75. The largest absolute Gasteiger partial charge is 0.465 e. The summed E-state index contributed by atoms with van der Waals surface area (Å²) in [5.74, 6) is 0.303. The van der Waals surface area contributed by atoms with Gasteiger partial charge >= 0.3 is 6.09 Å². The standard InChI is InChI=1S/C18H26N2O3/c1-20(15-7-9-23-10-8-15)16-5-6-17-13(11-16)3-2-4-14(17)12-19-18(21)22/h5-6,11,14-15,19H,2-4,7-10,12H2,1H3,(H,21,22)/t14-/m0/s1. The van der Waals surface area contributed by atoms with Crippen molar-refractivity contribution in [3.05, 3.63) is 29.3 Å². The summed E-state index contributed by atoms with van der Waals surface area (Å²) in [4.78, 5) is 13.1. The molecule has 1 aliphatic carbocycles. The van der Waals surface area contributed by atoms with Gasteiger partial charge in [0.25, 0.3) is 0 Å². The number of ether oxygens (including phenoxy) is 1. The van der Waals surface area contributed by atoms with Crippen molar-refractivity contribution in [2.24, 2.45) is 0 Å². The Balaban J connectivity index is 1.74. The van der Waals surface area contributed by atoms with Crippen molar-refractivity contribution in [3.63, 3.8) is 0 Å². The number of rotatable bonds is 4. The van der Waals surface area contributed by atoms with E-state index in [1.165, 1.54) is 16.8 Å². The van der Waals surface area contributed by atoms with Crippen molar-refractivity contribution in [2.45, 2.75) is 44.1 Å². The fourth-order valence-electron chi connectivity index (χ4n) is 3.83. The lowest BCUT2D eigenvalue weighted by Gasteiger charge is -2.34. The molecule has 1 atom stereocenters. The Labute approximate surface area is 137 Å². The van der Waals surface area contributed by atoms with Gasteiger partial charge in [-0.25, -0.2) is 4.79 Å². The van der Waals surface area contributed by atoms with Crippen molar-refractivity contribution >= 4 is 11.8 Å². The van der Waals surface area contributed by atoms with Crippen LogP contribution in [0, 0.1) is 0 Å². The molecule has 2 N–H and O–H groups in total. The van der Waals surface area contributed by atoms with Crippen LogP contribution in [0.2, 0.25) is 0 Å². The van der Waals surface area contributed by atoms with E-state index < -0.39 is 6.09 Å². The highest BCUT2D eigenvalue weighted by Gasteiger charge is 2.23. The fourth-order valence-corrected chi connectivity index (χ4v) is 3.83. The molecule has 0 radical (unpaired) electrons. The Morgan fingerprint density at radius 3 is 2.87 bits per heavy atom. The number of hydrogen-bond donors (Lipinski definition) is 2. The van der Waals surface area contributed by atoms with E-state index in [0.29, 0.717) is 18.5 Å². The van der Waals surface area contributed by atoms with Crippen LogP contribution in [-0.4, -0.2) is 44.0 Å². The maximum atomic E-state index is 10.7. The zero-order chi connectivity index (χ0) is 16.2. The van der Waals surface area contributed by atoms with Crippen LogP contribution in [0.4, 0.5) is 10.5 Å². The lowest BCUT2D eigenvalue weighted by atomic mass is 9.82. The predicted molar refractivity (Wildman–Crippen MR) is 90.4 cm³/mol. The van der Waals surface area contributed by atoms with E-state index in [1.54, 1.807) is 0 Å². The molecule has 3 rings (SSSR count). The van der Waals surface area contributed by atoms with Gasteiger partial charge in [-0.1, -0.05) is 6.07 Å². The third-order valence-corrected chi connectivity index (χ3v) is 5.21. The monoisotopic (exact) mass is 318 g/mol. The minimum Gasteiger partial charge on any atom is -0.465 e. The number of amides is 1. The quantitative estimate of drug-likeness (QED) is 0.896. The summed E-state index contributed by atoms with van der Waals surface area (Å²) in [7, 11) is 2.17. The topological polar surface area (TPSA) is 61.8 Å². The average molecular weight is 318 g/mol. The molecule has 5 nitrogen and oxygen atoms in total. The number of carboxylic acid groups (broad SMARTS) is 1. The summed E-state index contributed by atoms with van der Waals surface area (Å²) in [5.41, 5.74) is 3.96. The number of nitrogens with zero attached hydrogens (tertiary/aromatic N) is 1. The molecule has 1 aromatic carbocycles. The van der Waals surface area contributed by atoms with Crippen molar-refractivity contribution in [2.75, 3.05) is 31.7 Å². The zero-order valence-electron chi connectivity index (χ0n) is 13.8. The van der Waals surface area contributed by atoms with E-state index in [4.69, 9.17) is 9.84 Å². The molecule has 1 saturated heterocycles. The first kappa shape index (κ1) is 16.1. The molecule has 1 fully saturated rings. The maximum absolute atomic E-state index is 10.7. The zero-order valence-corrected chi connectivity index (χ0v) is 13.8. The van der Waals surface area contributed by atoms with Crippen LogP contribution in [0.25, 0.3) is 0 Å². The number of nitrogens with one attached hydrogen (secondary N) is 1. The van der Waals surface area contributed by atoms with Gasteiger partial charge in [0, 0.05) is 44.5 Å². The van der Waals surface area contributed by atoms with E-state index in [0.717, 1.165) is 45.3 Å². The van der Waals surface area contributed by atoms with Crippen LogP contribution in [0.3, 0.4) is 0 Å². The average Bonchev–Trinajstić information content (AvgIpc) is 2.59. The minimum absolute atomic E-state index is 0.303. The summed E-state index contributed by atoms with van der Waals surface area (Å²) in [6.45, 7) is 2.21. The lowest BCUT2D eigenvalue weighted by molar-refractivity contribution is 0.0855. The van der Waals surface area contributed by atoms with Crippen molar-refractivity contribution in [1.29, 1.82) is 0 Å². The Morgan fingerprint density at radius 2 is 2.13 bits per heavy atom. The molecule has 1 aromatic rings. The molecule has 2 aliphatic rings. The number of anilines is 1. The Bertz CT molecular complexity index is 555. The van der Waals surface area contributed by atoms with Gasteiger partial charge in [0.15, 0.2) is 0 Å². The van der Waals surface area contributed by atoms with E-state index >= 15 is 0 Å². The SMILES string of the molecule is CN(c1ccc2c(c1)CCC[C@H]2CNC(=O)O)C1CCOCC1. The molecule has 5 heteroatoms. The molecule has 0 bridgehead atoms. The van der Waals surface area contributed by atoms with Gasteiger partial charge in [-0.05, 0) is 55.4 Å². The van der Waals surface area contributed by atoms with Crippen LogP contribution in [0.1, 0.15) is 42.7 Å². The highest BCUT2D eigenvalue weighted by Crippen LogP contribution is 2.34. The first-order valence-corrected chi connectivity index (χ1v) is 8.55. The summed E-state index contributed by atoms with van der Waals surface area (Å²) >= 11 is 0. The molecule has 1 heterocycles. The molecule has 1 amide bonds. The number of carbonyl (C=O) groups is 1. The second-order valence-corrected chi connectivity index (χ2v) is 6.61. The highest BCUT2D eigenvalue weighted by molar-refractivity contribution is 5.64. The molecular weight excluding hydrogens is 292 g/mol. The smallest absolute Gasteiger partial charge is 0.404 e. The summed E-state index contributed by atoms with van der Waals surface area (Å²) in [5, 5.41) is 11.4. The van der Waals surface area contributed by atoms with Crippen LogP contribution >= 0.6 is 0 Å². The normalized spacial score (nSPS) is 21.5. The molecular formula is C18H26N2O3. The van der Waals surface area contributed by atoms with E-state index in [2.05, 4.69) is 35.5 Å². The van der Waals surface area contributed by atoms with Gasteiger partial charge < -0.3 is 20.1 Å². The summed E-state index contributed by atoms with van der Waals surface area (Å²) in [6.07, 6.45) is 4.51. The number of benzene rings is 1. The maximum Gasteiger partial charge on any atom is 0.404 e. The van der Waals surface area contributed by atoms with Crippen LogP contribution in [0.15, 0.2) is 18.2 Å². The second kappa shape index (κ2) is 7.21. The van der Waals surface area contributed by atoms with Gasteiger partial charge in [0.2, 0.25) is 0 Å². The predicted octanol–water partition coefficient (Wildman–Crippen LogP) is 2.99. The first-order valence-electron chi connectivity index (χ1n) is 8.55. The second-order valence-electron chi connectivity index (χ2n) is 6.61. The lowest BCUT2D eigenvalue weighted by Crippen LogP contribution is -2.36. The summed E-state index contributed by atoms with van der Waals surface area (Å²) < 4.78 is 5.45. The fraction of sp³-hybridized carbons (Fsp3) is 0.611. The Kier molecular flexibility index (Phi) is 5.06. The molecule has 23 heavy (non-hydrogen) atoms. The third kappa shape index (κ3) is 3.78. The van der Waals surface area contributed by atoms with Crippen LogP contribution in [-0.2, 0) is 11.2 Å². The van der Waals surface area contributed by atoms with Crippen LogP contribution in [0.5, 0.6) is 0 Å². The van der Waals surface area contributed by atoms with Gasteiger partial charge in [-0.2, -0.15) is 0 Å². The Morgan fingerprint density at radius 1 is 1.35 bits per heavy atom. The van der Waals surface area contributed by atoms with Gasteiger partial charge in [0.05, 0.1) is 0 Å². The molecule has 0 aromatic heterocycles. The molecule has 0 saturated carbocycles. The third-order valence-electron chi connectivity index (χ3n) is 5.21. The van der Waals surface area contributed by atoms with Crippen molar-refractivity contribution < 1.29 is 14.6 Å². The molecule has 126 valence electrons. The number of aryl methyl sites for hydroxylation is 1. The first-order chi connectivity index (χ1) is 11.1. The number of fused-ring (bicyclic) bond motifs is 1. The van der Waals surface area contributed by atoms with Crippen LogP contribution < -0.4 is 10.2 Å². The summed E-state index contributed by atoms with van der Waals surface area (Å²) in [6, 6.07) is 7.24. The van der Waals surface area contributed by atoms with Gasteiger partial charge in [-0.15, -0.1) is 0 Å². The molecule has 0 unspecified atom stereocenters. The molecule has 0 spiro atoms. The van der Waals surface area contributed by atoms with E-state index in [9.17, 15) is 4.79 Å². The van der Waals surface area contributed by atoms with Gasteiger partial charge in [0.1, 0.15) is 0 Å². The highest BCUT2D eigenvalue weighted by atomic mass is 16.5. The van der Waals surface area contributed by atoms with Gasteiger partial charge in [-0.3, -0.25) is 0 Å². The minimum atomic E-state index is -0.937. The van der Waals surface area contributed by atoms with Crippen molar-refractivity contribution in [3.8, 4) is 0 Å². The number of hydrogen-bond acceptors (Lipinski definition) is 3. The van der Waals surface area contributed by atoms with E-state index in [1.807, 2.05) is 0 Å². The molecule has 1 aliphatic heterocycles.